The van der Waals surface area contributed by atoms with E-state index in [1.807, 2.05) is 0 Å². The SMILES string of the molecule is CN(c1cc([SiH](C)C)cc([SiH](C)C)c1)[Si](C)(C)C. The maximum Gasteiger partial charge on any atom is 0.147 e. The van der Waals surface area contributed by atoms with Gasteiger partial charge in [0.25, 0.3) is 0 Å². The maximum atomic E-state index is 2.55. The molecule has 0 amide bonds. The summed E-state index contributed by atoms with van der Waals surface area (Å²) in [6.07, 6.45) is 0. The van der Waals surface area contributed by atoms with Crippen molar-refractivity contribution in [1.82, 2.24) is 0 Å². The van der Waals surface area contributed by atoms with E-state index in [2.05, 4.69) is 75.6 Å². The van der Waals surface area contributed by atoms with E-state index in [9.17, 15) is 0 Å². The minimum absolute atomic E-state index is 0.710. The summed E-state index contributed by atoms with van der Waals surface area (Å²) in [5.41, 5.74) is 1.46. The smallest absolute Gasteiger partial charge is 0.147 e. The summed E-state index contributed by atoms with van der Waals surface area (Å²) in [4.78, 5) is 0. The highest BCUT2D eigenvalue weighted by atomic mass is 28.3. The number of anilines is 1. The Hall–Kier alpha value is -0.329. The molecule has 1 rings (SSSR count). The Balaban J connectivity index is 3.27. The Morgan fingerprint density at radius 2 is 1.22 bits per heavy atom. The molecule has 0 radical (unpaired) electrons. The zero-order valence-electron chi connectivity index (χ0n) is 13.3. The molecule has 0 saturated carbocycles. The number of rotatable bonds is 4. The molecule has 1 nitrogen and oxygen atoms in total. The van der Waals surface area contributed by atoms with Gasteiger partial charge in [0.05, 0.1) is 17.6 Å². The minimum Gasteiger partial charge on any atom is -0.401 e. The zero-order valence-corrected chi connectivity index (χ0v) is 16.6. The average Bonchev–Trinajstić information content (AvgIpc) is 2.26. The highest BCUT2D eigenvalue weighted by Crippen LogP contribution is 2.18. The third kappa shape index (κ3) is 3.83. The largest absolute Gasteiger partial charge is 0.401 e. The molecule has 0 aromatic heterocycles. The lowest BCUT2D eigenvalue weighted by atomic mass is 10.3. The molecule has 0 spiro atoms. The predicted octanol–water partition coefficient (Wildman–Crippen LogP) is 2.35. The standard InChI is InChI=1S/C14H29NSi3/c1-15(18(6,7)8)12-9-13(16(2)3)11-14(10-12)17(4)5/h9-11,16-17H,1-8H3. The van der Waals surface area contributed by atoms with Crippen LogP contribution < -0.4 is 14.9 Å². The first kappa shape index (κ1) is 15.7. The van der Waals surface area contributed by atoms with E-state index in [4.69, 9.17) is 0 Å². The Morgan fingerprint density at radius 1 is 0.833 bits per heavy atom. The van der Waals surface area contributed by atoms with Gasteiger partial charge in [0.1, 0.15) is 8.24 Å². The van der Waals surface area contributed by atoms with Crippen molar-refractivity contribution in [2.75, 3.05) is 11.6 Å². The van der Waals surface area contributed by atoms with Crippen LogP contribution in [0.25, 0.3) is 0 Å². The van der Waals surface area contributed by atoms with E-state index in [-0.39, 0.29) is 0 Å². The summed E-state index contributed by atoms with van der Waals surface area (Å²) >= 11 is 0. The topological polar surface area (TPSA) is 3.24 Å². The van der Waals surface area contributed by atoms with Crippen LogP contribution in [0.2, 0.25) is 45.8 Å². The van der Waals surface area contributed by atoms with Crippen LogP contribution in [0.4, 0.5) is 5.69 Å². The number of hydrogen-bond donors (Lipinski definition) is 0. The second-order valence-corrected chi connectivity index (χ2v) is 17.9. The Bertz CT molecular complexity index is 382. The van der Waals surface area contributed by atoms with Gasteiger partial charge in [-0.1, -0.05) is 62.3 Å². The molecular formula is C14H29NSi3. The molecular weight excluding hydrogens is 266 g/mol. The van der Waals surface area contributed by atoms with E-state index < -0.39 is 25.8 Å². The summed E-state index contributed by atoms with van der Waals surface area (Å²) in [5, 5.41) is 3.27. The number of benzene rings is 1. The van der Waals surface area contributed by atoms with Gasteiger partial charge in [0.15, 0.2) is 0 Å². The molecule has 0 fully saturated rings. The van der Waals surface area contributed by atoms with Gasteiger partial charge < -0.3 is 4.57 Å². The van der Waals surface area contributed by atoms with Crippen LogP contribution in [0.3, 0.4) is 0 Å². The molecule has 0 aliphatic rings. The zero-order chi connectivity index (χ0) is 14.1. The predicted molar refractivity (Wildman–Crippen MR) is 95.2 cm³/mol. The van der Waals surface area contributed by atoms with Crippen molar-refractivity contribution in [2.24, 2.45) is 0 Å². The second kappa shape index (κ2) is 5.76. The Morgan fingerprint density at radius 3 is 1.50 bits per heavy atom. The fraction of sp³-hybridized carbons (Fsp3) is 0.571. The fourth-order valence-corrected chi connectivity index (χ4v) is 5.06. The highest BCUT2D eigenvalue weighted by Gasteiger charge is 2.21. The molecule has 0 atom stereocenters. The molecule has 0 N–H and O–H groups in total. The van der Waals surface area contributed by atoms with E-state index in [1.165, 1.54) is 5.69 Å². The normalized spacial score (nSPS) is 12.3. The summed E-state index contributed by atoms with van der Waals surface area (Å²) in [6.45, 7) is 17.0. The van der Waals surface area contributed by atoms with Crippen molar-refractivity contribution in [2.45, 2.75) is 45.8 Å². The molecule has 0 aliphatic carbocycles. The summed E-state index contributed by atoms with van der Waals surface area (Å²) in [6, 6.07) is 7.40. The minimum atomic E-state index is -1.25. The fourth-order valence-electron chi connectivity index (χ4n) is 1.91. The quantitative estimate of drug-likeness (QED) is 0.771. The van der Waals surface area contributed by atoms with Gasteiger partial charge in [-0.05, 0) is 19.2 Å². The van der Waals surface area contributed by atoms with E-state index in [1.54, 1.807) is 10.4 Å². The number of nitrogens with zero attached hydrogens (tertiary/aromatic N) is 1. The van der Waals surface area contributed by atoms with Crippen LogP contribution in [-0.4, -0.2) is 32.9 Å². The molecule has 102 valence electrons. The molecule has 4 heteroatoms. The summed E-state index contributed by atoms with van der Waals surface area (Å²) in [7, 11) is -0.397. The lowest BCUT2D eigenvalue weighted by molar-refractivity contribution is 1.25. The van der Waals surface area contributed by atoms with Gasteiger partial charge in [-0.2, -0.15) is 0 Å². The molecule has 0 aliphatic heterocycles. The Labute approximate surface area is 118 Å². The molecule has 0 bridgehead atoms. The third-order valence-electron chi connectivity index (χ3n) is 3.69. The van der Waals surface area contributed by atoms with Gasteiger partial charge in [0, 0.05) is 5.69 Å². The lowest BCUT2D eigenvalue weighted by Crippen LogP contribution is -2.45. The number of hydrogen-bond acceptors (Lipinski definition) is 1. The maximum absolute atomic E-state index is 2.55. The van der Waals surface area contributed by atoms with Crippen LogP contribution in [0.1, 0.15) is 0 Å². The summed E-state index contributed by atoms with van der Waals surface area (Å²) < 4.78 is 2.55. The van der Waals surface area contributed by atoms with Crippen LogP contribution in [0, 0.1) is 0 Å². The van der Waals surface area contributed by atoms with Crippen LogP contribution in [-0.2, 0) is 0 Å². The first-order valence-corrected chi connectivity index (χ1v) is 16.2. The highest BCUT2D eigenvalue weighted by molar-refractivity contribution is 6.80. The van der Waals surface area contributed by atoms with Crippen molar-refractivity contribution in [3.8, 4) is 0 Å². The molecule has 0 heterocycles. The summed E-state index contributed by atoms with van der Waals surface area (Å²) in [5.74, 6) is 0. The molecule has 18 heavy (non-hydrogen) atoms. The van der Waals surface area contributed by atoms with Crippen molar-refractivity contribution in [1.29, 1.82) is 0 Å². The van der Waals surface area contributed by atoms with Gasteiger partial charge >= 0.3 is 0 Å². The lowest BCUT2D eigenvalue weighted by Gasteiger charge is -2.33. The third-order valence-corrected chi connectivity index (χ3v) is 9.29. The second-order valence-electron chi connectivity index (χ2n) is 6.90. The van der Waals surface area contributed by atoms with Gasteiger partial charge in [-0.15, -0.1) is 0 Å². The van der Waals surface area contributed by atoms with Gasteiger partial charge in [0.2, 0.25) is 0 Å². The molecule has 1 aromatic rings. The molecule has 0 unspecified atom stereocenters. The van der Waals surface area contributed by atoms with Crippen molar-refractivity contribution in [3.05, 3.63) is 18.2 Å². The van der Waals surface area contributed by atoms with Crippen molar-refractivity contribution >= 4 is 41.9 Å². The van der Waals surface area contributed by atoms with Crippen molar-refractivity contribution < 1.29 is 0 Å². The molecule has 1 aromatic carbocycles. The monoisotopic (exact) mass is 295 g/mol. The van der Waals surface area contributed by atoms with Crippen LogP contribution >= 0.6 is 0 Å². The van der Waals surface area contributed by atoms with Crippen LogP contribution in [0.5, 0.6) is 0 Å². The Kier molecular flexibility index (Phi) is 5.03. The van der Waals surface area contributed by atoms with Crippen molar-refractivity contribution in [3.63, 3.8) is 0 Å². The van der Waals surface area contributed by atoms with Gasteiger partial charge in [-0.25, -0.2) is 0 Å². The van der Waals surface area contributed by atoms with E-state index in [0.717, 1.165) is 0 Å². The van der Waals surface area contributed by atoms with Crippen LogP contribution in [0.15, 0.2) is 18.2 Å². The average molecular weight is 296 g/mol. The molecule has 0 saturated heterocycles. The van der Waals surface area contributed by atoms with Gasteiger partial charge in [-0.3, -0.25) is 0 Å². The first-order chi connectivity index (χ1) is 8.12. The van der Waals surface area contributed by atoms with E-state index >= 15 is 0 Å². The first-order valence-electron chi connectivity index (χ1n) is 7.01. The van der Waals surface area contributed by atoms with E-state index in [0.29, 0.717) is 0 Å².